The lowest BCUT2D eigenvalue weighted by Crippen LogP contribution is -1.80. The van der Waals surface area contributed by atoms with Crippen molar-refractivity contribution in [1.82, 2.24) is 0 Å². The highest BCUT2D eigenvalue weighted by molar-refractivity contribution is 7.40. The Labute approximate surface area is 79.1 Å². The topological polar surface area (TPSA) is 34.0 Å². The van der Waals surface area contributed by atoms with Crippen molar-refractivity contribution in [3.05, 3.63) is 29.8 Å². The molecule has 0 aliphatic carbocycles. The van der Waals surface area contributed by atoms with Crippen LogP contribution < -0.4 is 4.52 Å². The zero-order valence-electron chi connectivity index (χ0n) is 7.77. The molecule has 0 amide bonds. The molecule has 1 aromatic rings. The second-order valence-corrected chi connectivity index (χ2v) is 3.87. The summed E-state index contributed by atoms with van der Waals surface area (Å²) < 4.78 is 13.2. The van der Waals surface area contributed by atoms with Gasteiger partial charge in [-0.15, -0.1) is 0 Å². The van der Waals surface area contributed by atoms with Gasteiger partial charge < -0.3 is 0 Å². The molecule has 13 heavy (non-hydrogen) atoms. The van der Waals surface area contributed by atoms with Gasteiger partial charge in [0.25, 0.3) is 0 Å². The molecule has 0 heterocycles. The molecule has 0 aliphatic rings. The molecule has 0 N–H and O–H groups in total. The Morgan fingerprint density at radius 2 is 2.23 bits per heavy atom. The molecule has 0 fully saturated rings. The molecule has 1 aromatic carbocycles. The van der Waals surface area contributed by atoms with Gasteiger partial charge in [0.15, 0.2) is 5.75 Å². The van der Waals surface area contributed by atoms with Crippen LogP contribution in [0.2, 0.25) is 0 Å². The van der Waals surface area contributed by atoms with E-state index in [1.165, 1.54) is 0 Å². The van der Waals surface area contributed by atoms with Crippen LogP contribution in [0.15, 0.2) is 33.8 Å². The maximum atomic E-state index is 5.46. The fraction of sp³-hybridized carbons (Fsp3) is 0.222. The quantitative estimate of drug-likeness (QED) is 0.538. The molecule has 1 rings (SSSR count). The summed E-state index contributed by atoms with van der Waals surface area (Å²) in [4.78, 5) is 0. The smallest absolute Gasteiger partial charge is 0.248 e. The summed E-state index contributed by atoms with van der Waals surface area (Å²) in [7, 11) is 0.571. The van der Waals surface area contributed by atoms with E-state index >= 15 is 0 Å². The van der Waals surface area contributed by atoms with E-state index in [1.54, 1.807) is 7.05 Å². The van der Waals surface area contributed by atoms with Gasteiger partial charge in [-0.3, -0.25) is 0 Å². The van der Waals surface area contributed by atoms with Crippen LogP contribution in [0.4, 0.5) is 0 Å². The van der Waals surface area contributed by atoms with Crippen LogP contribution in [0.5, 0.6) is 5.75 Å². The Hall–Kier alpha value is -1.21. The normalized spacial score (nSPS) is 11.1. The van der Waals surface area contributed by atoms with Crippen LogP contribution in [-0.2, 0) is 0 Å². The van der Waals surface area contributed by atoms with Gasteiger partial charge in [0.2, 0.25) is 0 Å². The van der Waals surface area contributed by atoms with Crippen LogP contribution in [0.3, 0.4) is 0 Å². The number of benzene rings is 1. The molecule has 4 heteroatoms. The minimum absolute atomic E-state index is 0.795. The second-order valence-electron chi connectivity index (χ2n) is 2.50. The molecule has 0 aliphatic heterocycles. The van der Waals surface area contributed by atoms with Gasteiger partial charge >= 0.3 is 8.09 Å². The van der Waals surface area contributed by atoms with E-state index in [-0.39, 0.29) is 0 Å². The summed E-state index contributed by atoms with van der Waals surface area (Å²) in [6.45, 7) is 5.42. The van der Waals surface area contributed by atoms with Gasteiger partial charge in [-0.05, 0) is 34.1 Å². The van der Waals surface area contributed by atoms with Crippen LogP contribution in [0, 0.1) is 6.92 Å². The highest BCUT2D eigenvalue weighted by Gasteiger charge is 2.11. The Morgan fingerprint density at radius 3 is 2.77 bits per heavy atom. The highest BCUT2D eigenvalue weighted by atomic mass is 31.1. The Bertz CT molecular complexity index is 336. The van der Waals surface area contributed by atoms with Crippen molar-refractivity contribution in [2.75, 3.05) is 7.05 Å². The molecular formula is C9H12N2OP+. The highest BCUT2D eigenvalue weighted by Crippen LogP contribution is 2.30. The molecule has 0 spiro atoms. The zero-order chi connectivity index (χ0) is 9.68. The van der Waals surface area contributed by atoms with E-state index < -0.39 is 8.09 Å². The molecule has 1 atom stereocenters. The average Bonchev–Trinajstić information content (AvgIpc) is 2.14. The first-order valence-electron chi connectivity index (χ1n) is 3.87. The Kier molecular flexibility index (Phi) is 3.59. The van der Waals surface area contributed by atoms with Crippen molar-refractivity contribution in [3.8, 4) is 5.75 Å². The van der Waals surface area contributed by atoms with Gasteiger partial charge in [0, 0.05) is 6.72 Å². The van der Waals surface area contributed by atoms with E-state index in [0.717, 1.165) is 11.3 Å². The third-order valence-electron chi connectivity index (χ3n) is 1.47. The first kappa shape index (κ1) is 9.87. The van der Waals surface area contributed by atoms with Crippen LogP contribution >= 0.6 is 8.09 Å². The molecule has 0 radical (unpaired) electrons. The summed E-state index contributed by atoms with van der Waals surface area (Å²) in [6.07, 6.45) is 0. The third kappa shape index (κ3) is 2.96. The first-order chi connectivity index (χ1) is 6.26. The lowest BCUT2D eigenvalue weighted by atomic mass is 10.2. The van der Waals surface area contributed by atoms with Crippen molar-refractivity contribution in [3.63, 3.8) is 0 Å². The molecular weight excluding hydrogens is 183 g/mol. The average molecular weight is 195 g/mol. The minimum Gasteiger partial charge on any atom is -0.248 e. The van der Waals surface area contributed by atoms with E-state index in [1.807, 2.05) is 31.2 Å². The summed E-state index contributed by atoms with van der Waals surface area (Å²) in [5.41, 5.74) is 1.16. The fourth-order valence-electron chi connectivity index (χ4n) is 0.899. The zero-order valence-corrected chi connectivity index (χ0v) is 8.66. The maximum absolute atomic E-state index is 5.46. The first-order valence-corrected chi connectivity index (χ1v) is 5.04. The van der Waals surface area contributed by atoms with Gasteiger partial charge in [0.1, 0.15) is 0 Å². The predicted molar refractivity (Wildman–Crippen MR) is 56.6 cm³/mol. The lowest BCUT2D eigenvalue weighted by molar-refractivity contribution is 0.622. The third-order valence-corrected chi connectivity index (χ3v) is 2.43. The molecule has 0 saturated heterocycles. The monoisotopic (exact) mass is 195 g/mol. The van der Waals surface area contributed by atoms with Gasteiger partial charge in [-0.1, -0.05) is 12.1 Å². The minimum atomic E-state index is -1.11. The van der Waals surface area contributed by atoms with Gasteiger partial charge in [0.05, 0.1) is 7.05 Å². The summed E-state index contributed by atoms with van der Waals surface area (Å²) in [5.74, 6) is 0.795. The molecule has 3 nitrogen and oxygen atoms in total. The van der Waals surface area contributed by atoms with Crippen LogP contribution in [0.25, 0.3) is 0 Å². The largest absolute Gasteiger partial charge is 0.583 e. The van der Waals surface area contributed by atoms with Crippen LogP contribution in [0.1, 0.15) is 5.56 Å². The van der Waals surface area contributed by atoms with Crippen molar-refractivity contribution in [2.24, 2.45) is 9.51 Å². The Morgan fingerprint density at radius 1 is 1.46 bits per heavy atom. The van der Waals surface area contributed by atoms with E-state index in [0.29, 0.717) is 0 Å². The molecule has 0 bridgehead atoms. The summed E-state index contributed by atoms with van der Waals surface area (Å²) in [5, 5.41) is 0. The van der Waals surface area contributed by atoms with E-state index in [4.69, 9.17) is 4.52 Å². The van der Waals surface area contributed by atoms with Gasteiger partial charge in [-0.2, -0.15) is 0 Å². The van der Waals surface area contributed by atoms with Crippen LogP contribution in [-0.4, -0.2) is 13.8 Å². The van der Waals surface area contributed by atoms with Crippen molar-refractivity contribution < 1.29 is 4.52 Å². The van der Waals surface area contributed by atoms with E-state index in [2.05, 4.69) is 16.2 Å². The summed E-state index contributed by atoms with van der Waals surface area (Å²) in [6, 6.07) is 7.79. The molecule has 0 saturated carbocycles. The van der Waals surface area contributed by atoms with Crippen molar-refractivity contribution in [1.29, 1.82) is 0 Å². The number of aryl methyl sites for hydroxylation is 1. The van der Waals surface area contributed by atoms with E-state index in [9.17, 15) is 0 Å². The fourth-order valence-corrected chi connectivity index (χ4v) is 1.47. The van der Waals surface area contributed by atoms with Gasteiger partial charge in [-0.25, -0.2) is 4.52 Å². The number of hydrogen-bond acceptors (Lipinski definition) is 2. The standard InChI is InChI=1S/C9H12N2OP/c1-8-5-4-6-9(7-8)12-13(10-2)11-3/h4-7H,2H2,1,3H3/q+1. The molecule has 0 aromatic heterocycles. The molecule has 1 unspecified atom stereocenters. The van der Waals surface area contributed by atoms with Crippen molar-refractivity contribution >= 4 is 14.8 Å². The Balaban J connectivity index is 2.79. The number of nitrogens with zero attached hydrogens (tertiary/aromatic N) is 2. The maximum Gasteiger partial charge on any atom is 0.583 e. The predicted octanol–water partition coefficient (Wildman–Crippen LogP) is 3.20. The lowest BCUT2D eigenvalue weighted by Gasteiger charge is -1.93. The molecule has 68 valence electrons. The van der Waals surface area contributed by atoms with Crippen molar-refractivity contribution in [2.45, 2.75) is 6.92 Å². The number of rotatable bonds is 3. The SMILES string of the molecule is C=N[P+](=NC)Oc1cccc(C)c1. The second kappa shape index (κ2) is 4.73. The summed E-state index contributed by atoms with van der Waals surface area (Å²) >= 11 is 0. The number of hydrogen-bond donors (Lipinski definition) is 0.